The highest BCUT2D eigenvalue weighted by molar-refractivity contribution is 5.53. The van der Waals surface area contributed by atoms with Gasteiger partial charge in [-0.25, -0.2) is 8.78 Å². The van der Waals surface area contributed by atoms with E-state index in [2.05, 4.69) is 15.5 Å². The number of hydrogen-bond donors (Lipinski definition) is 1. The van der Waals surface area contributed by atoms with Crippen molar-refractivity contribution in [2.75, 3.05) is 6.54 Å². The normalized spacial score (nSPS) is 14.8. The molecule has 1 aliphatic carbocycles. The molecule has 3 rings (SSSR count). The Balaban J connectivity index is 1.70. The Kier molecular flexibility index (Phi) is 3.25. The predicted octanol–water partition coefficient (Wildman–Crippen LogP) is 2.31. The maximum Gasteiger partial charge on any atom is 0.250 e. The van der Waals surface area contributed by atoms with E-state index >= 15 is 0 Å². The number of rotatable bonds is 5. The van der Waals surface area contributed by atoms with Crippen LogP contribution in [0.4, 0.5) is 8.78 Å². The quantitative estimate of drug-likeness (QED) is 0.901. The lowest BCUT2D eigenvalue weighted by atomic mass is 10.2. The van der Waals surface area contributed by atoms with Crippen LogP contribution in [0.15, 0.2) is 22.6 Å². The van der Waals surface area contributed by atoms with Crippen LogP contribution in [-0.4, -0.2) is 22.8 Å². The van der Waals surface area contributed by atoms with Gasteiger partial charge in [-0.15, -0.1) is 10.2 Å². The minimum atomic E-state index is -0.576. The number of aromatic nitrogens is 2. The Morgan fingerprint density at radius 2 is 2.11 bits per heavy atom. The van der Waals surface area contributed by atoms with E-state index in [0.29, 0.717) is 18.4 Å². The summed E-state index contributed by atoms with van der Waals surface area (Å²) in [6.45, 7) is 0.748. The van der Waals surface area contributed by atoms with Gasteiger partial charge in [0.15, 0.2) is 0 Å². The van der Waals surface area contributed by atoms with E-state index in [1.54, 1.807) is 0 Å². The van der Waals surface area contributed by atoms with Crippen LogP contribution in [0.1, 0.15) is 18.7 Å². The van der Waals surface area contributed by atoms with E-state index in [1.165, 1.54) is 12.8 Å². The van der Waals surface area contributed by atoms with Crippen LogP contribution in [0, 0.1) is 11.6 Å². The molecule has 1 aromatic carbocycles. The maximum atomic E-state index is 13.5. The second-order valence-corrected chi connectivity index (χ2v) is 4.60. The first-order chi connectivity index (χ1) is 9.22. The zero-order valence-electron chi connectivity index (χ0n) is 10.2. The van der Waals surface area contributed by atoms with Gasteiger partial charge in [-0.3, -0.25) is 0 Å². The van der Waals surface area contributed by atoms with E-state index in [1.807, 2.05) is 0 Å². The Morgan fingerprint density at radius 1 is 1.26 bits per heavy atom. The summed E-state index contributed by atoms with van der Waals surface area (Å²) in [5, 5.41) is 10.9. The van der Waals surface area contributed by atoms with Crippen LogP contribution >= 0.6 is 0 Å². The van der Waals surface area contributed by atoms with Gasteiger partial charge in [-0.1, -0.05) is 0 Å². The molecular weight excluding hydrogens is 252 g/mol. The molecule has 0 aliphatic heterocycles. The first-order valence-electron chi connectivity index (χ1n) is 6.23. The summed E-state index contributed by atoms with van der Waals surface area (Å²) < 4.78 is 31.9. The Morgan fingerprint density at radius 3 is 2.89 bits per heavy atom. The molecule has 1 heterocycles. The van der Waals surface area contributed by atoms with E-state index in [4.69, 9.17) is 4.42 Å². The molecule has 0 spiro atoms. The van der Waals surface area contributed by atoms with Crippen LogP contribution in [0.25, 0.3) is 11.5 Å². The van der Waals surface area contributed by atoms with Crippen molar-refractivity contribution in [2.45, 2.75) is 25.3 Å². The number of benzene rings is 1. The van der Waals surface area contributed by atoms with Gasteiger partial charge in [0.05, 0.1) is 5.56 Å². The molecule has 0 amide bonds. The third-order valence-corrected chi connectivity index (χ3v) is 2.97. The summed E-state index contributed by atoms with van der Waals surface area (Å²) >= 11 is 0. The van der Waals surface area contributed by atoms with Crippen molar-refractivity contribution in [1.29, 1.82) is 0 Å². The lowest BCUT2D eigenvalue weighted by Gasteiger charge is -1.99. The lowest BCUT2D eigenvalue weighted by molar-refractivity contribution is 0.490. The van der Waals surface area contributed by atoms with Crippen molar-refractivity contribution in [2.24, 2.45) is 0 Å². The fourth-order valence-corrected chi connectivity index (χ4v) is 1.80. The standard InChI is InChI=1S/C13H13F2N3O/c14-8-1-4-11(15)10(7-8)13-18-17-12(19-13)5-6-16-9-2-3-9/h1,4,7,9,16H,2-3,5-6H2. The van der Waals surface area contributed by atoms with E-state index in [9.17, 15) is 8.78 Å². The van der Waals surface area contributed by atoms with Gasteiger partial charge in [0, 0.05) is 19.0 Å². The third-order valence-electron chi connectivity index (χ3n) is 2.97. The van der Waals surface area contributed by atoms with E-state index in [-0.39, 0.29) is 11.5 Å². The zero-order chi connectivity index (χ0) is 13.2. The molecule has 19 heavy (non-hydrogen) atoms. The Hall–Kier alpha value is -1.82. The first kappa shape index (κ1) is 12.2. The smallest absolute Gasteiger partial charge is 0.250 e. The Labute approximate surface area is 108 Å². The molecule has 0 saturated heterocycles. The Bertz CT molecular complexity index is 581. The summed E-state index contributed by atoms with van der Waals surface area (Å²) in [6, 6.07) is 3.76. The molecule has 0 atom stereocenters. The molecule has 1 saturated carbocycles. The molecule has 1 fully saturated rings. The average molecular weight is 265 g/mol. The molecule has 6 heteroatoms. The molecule has 1 aliphatic rings. The van der Waals surface area contributed by atoms with Gasteiger partial charge in [0.2, 0.25) is 5.89 Å². The van der Waals surface area contributed by atoms with Crippen molar-refractivity contribution < 1.29 is 13.2 Å². The molecule has 0 bridgehead atoms. The second kappa shape index (κ2) is 5.05. The highest BCUT2D eigenvalue weighted by Gasteiger charge is 2.20. The van der Waals surface area contributed by atoms with E-state index < -0.39 is 11.6 Å². The summed E-state index contributed by atoms with van der Waals surface area (Å²) in [4.78, 5) is 0. The molecule has 1 aromatic heterocycles. The lowest BCUT2D eigenvalue weighted by Crippen LogP contribution is -2.19. The fraction of sp³-hybridized carbons (Fsp3) is 0.385. The minimum Gasteiger partial charge on any atom is -0.421 e. The van der Waals surface area contributed by atoms with Crippen LogP contribution in [0.3, 0.4) is 0 Å². The monoisotopic (exact) mass is 265 g/mol. The fourth-order valence-electron chi connectivity index (χ4n) is 1.80. The summed E-state index contributed by atoms with van der Waals surface area (Å²) in [7, 11) is 0. The molecule has 2 aromatic rings. The van der Waals surface area contributed by atoms with Crippen LogP contribution in [0.5, 0.6) is 0 Å². The average Bonchev–Trinajstić information content (AvgIpc) is 3.10. The number of hydrogen-bond acceptors (Lipinski definition) is 4. The molecule has 1 N–H and O–H groups in total. The topological polar surface area (TPSA) is 51.0 Å². The van der Waals surface area contributed by atoms with Crippen molar-refractivity contribution >= 4 is 0 Å². The van der Waals surface area contributed by atoms with E-state index in [0.717, 1.165) is 24.7 Å². The predicted molar refractivity (Wildman–Crippen MR) is 64.4 cm³/mol. The molecule has 0 unspecified atom stereocenters. The van der Waals surface area contributed by atoms with Crippen LogP contribution in [0.2, 0.25) is 0 Å². The van der Waals surface area contributed by atoms with Crippen molar-refractivity contribution in [3.05, 3.63) is 35.7 Å². The number of halogens is 2. The van der Waals surface area contributed by atoms with Gasteiger partial charge >= 0.3 is 0 Å². The maximum absolute atomic E-state index is 13.5. The minimum absolute atomic E-state index is 0.00565. The van der Waals surface area contributed by atoms with Gasteiger partial charge in [-0.2, -0.15) is 0 Å². The van der Waals surface area contributed by atoms with Gasteiger partial charge in [-0.05, 0) is 31.0 Å². The summed E-state index contributed by atoms with van der Waals surface area (Å²) in [5.74, 6) is -0.676. The molecule has 4 nitrogen and oxygen atoms in total. The summed E-state index contributed by atoms with van der Waals surface area (Å²) in [6.07, 6.45) is 3.01. The first-order valence-corrected chi connectivity index (χ1v) is 6.23. The highest BCUT2D eigenvalue weighted by Crippen LogP contribution is 2.22. The largest absolute Gasteiger partial charge is 0.421 e. The van der Waals surface area contributed by atoms with Gasteiger partial charge < -0.3 is 9.73 Å². The highest BCUT2D eigenvalue weighted by atomic mass is 19.1. The van der Waals surface area contributed by atoms with Crippen molar-refractivity contribution in [3.63, 3.8) is 0 Å². The number of nitrogens with zero attached hydrogens (tertiary/aromatic N) is 2. The summed E-state index contributed by atoms with van der Waals surface area (Å²) in [5.41, 5.74) is -0.00565. The van der Waals surface area contributed by atoms with Crippen molar-refractivity contribution in [1.82, 2.24) is 15.5 Å². The van der Waals surface area contributed by atoms with Crippen molar-refractivity contribution in [3.8, 4) is 11.5 Å². The molecular formula is C13H13F2N3O. The zero-order valence-corrected chi connectivity index (χ0v) is 10.2. The SMILES string of the molecule is Fc1ccc(F)c(-c2nnc(CCNC3CC3)o2)c1. The van der Waals surface area contributed by atoms with Gasteiger partial charge in [0.1, 0.15) is 11.6 Å². The van der Waals surface area contributed by atoms with Crippen LogP contribution < -0.4 is 5.32 Å². The van der Waals surface area contributed by atoms with Crippen LogP contribution in [-0.2, 0) is 6.42 Å². The second-order valence-electron chi connectivity index (χ2n) is 4.60. The number of nitrogens with one attached hydrogen (secondary N) is 1. The van der Waals surface area contributed by atoms with Gasteiger partial charge in [0.25, 0.3) is 5.89 Å². The molecule has 100 valence electrons. The third kappa shape index (κ3) is 2.96. The molecule has 0 radical (unpaired) electrons.